The number of benzene rings is 2. The summed E-state index contributed by atoms with van der Waals surface area (Å²) in [6.07, 6.45) is 3.28. The zero-order valence-corrected chi connectivity index (χ0v) is 14.6. The molecule has 0 atom stereocenters. The Morgan fingerprint density at radius 1 is 0.800 bits per heavy atom. The van der Waals surface area contributed by atoms with Crippen LogP contribution < -0.4 is 10.6 Å². The highest BCUT2D eigenvalue weighted by atomic mass is 16.1. The second-order valence-corrected chi connectivity index (χ2v) is 6.29. The molecule has 25 heavy (non-hydrogen) atoms. The standard InChI is InChI=1S/C21H21N3O/c1-14-5-4-6-18(8-14)24-21(25)17-11-20(13-22-12-17)23-19-9-15(2)7-16(3)10-19/h4-13,23H,1-3H3,(H,24,25). The molecule has 0 saturated carbocycles. The van der Waals surface area contributed by atoms with Crippen LogP contribution in [0.3, 0.4) is 0 Å². The summed E-state index contributed by atoms with van der Waals surface area (Å²) in [5.41, 5.74) is 6.51. The van der Waals surface area contributed by atoms with Gasteiger partial charge in [-0.15, -0.1) is 0 Å². The van der Waals surface area contributed by atoms with Crippen LogP contribution in [0.1, 0.15) is 27.0 Å². The Labute approximate surface area is 147 Å². The van der Waals surface area contributed by atoms with Crippen molar-refractivity contribution in [2.75, 3.05) is 10.6 Å². The SMILES string of the molecule is Cc1cccc(NC(=O)c2cncc(Nc3cc(C)cc(C)c3)c2)c1. The molecule has 3 aromatic rings. The second-order valence-electron chi connectivity index (χ2n) is 6.29. The number of rotatable bonds is 4. The van der Waals surface area contributed by atoms with Crippen LogP contribution in [0.25, 0.3) is 0 Å². The lowest BCUT2D eigenvalue weighted by Crippen LogP contribution is -2.12. The minimum atomic E-state index is -0.179. The van der Waals surface area contributed by atoms with Crippen LogP contribution in [-0.2, 0) is 0 Å². The third kappa shape index (κ3) is 4.44. The van der Waals surface area contributed by atoms with Gasteiger partial charge in [-0.25, -0.2) is 0 Å². The van der Waals surface area contributed by atoms with Crippen molar-refractivity contribution in [3.63, 3.8) is 0 Å². The van der Waals surface area contributed by atoms with E-state index < -0.39 is 0 Å². The summed E-state index contributed by atoms with van der Waals surface area (Å²) >= 11 is 0. The van der Waals surface area contributed by atoms with E-state index in [1.807, 2.05) is 31.2 Å². The lowest BCUT2D eigenvalue weighted by molar-refractivity contribution is 0.102. The first kappa shape index (κ1) is 16.7. The molecule has 0 aliphatic rings. The van der Waals surface area contributed by atoms with E-state index in [-0.39, 0.29) is 5.91 Å². The third-order valence-corrected chi connectivity index (χ3v) is 3.79. The number of nitrogens with one attached hydrogen (secondary N) is 2. The number of nitrogens with zero attached hydrogens (tertiary/aromatic N) is 1. The number of hydrogen-bond donors (Lipinski definition) is 2. The molecule has 0 unspecified atom stereocenters. The van der Waals surface area contributed by atoms with Crippen LogP contribution in [0.4, 0.5) is 17.1 Å². The first-order valence-corrected chi connectivity index (χ1v) is 8.18. The summed E-state index contributed by atoms with van der Waals surface area (Å²) < 4.78 is 0. The number of carbonyl (C=O) groups is 1. The molecule has 0 fully saturated rings. The van der Waals surface area contributed by atoms with Gasteiger partial charge in [0.2, 0.25) is 0 Å². The van der Waals surface area contributed by atoms with Crippen molar-refractivity contribution in [2.45, 2.75) is 20.8 Å². The molecule has 0 spiro atoms. The Morgan fingerprint density at radius 2 is 1.52 bits per heavy atom. The Morgan fingerprint density at radius 3 is 2.24 bits per heavy atom. The highest BCUT2D eigenvalue weighted by Gasteiger charge is 2.08. The average molecular weight is 331 g/mol. The van der Waals surface area contributed by atoms with Gasteiger partial charge in [-0.3, -0.25) is 9.78 Å². The second kappa shape index (κ2) is 7.18. The Kier molecular flexibility index (Phi) is 4.80. The van der Waals surface area contributed by atoms with Crippen molar-refractivity contribution >= 4 is 23.0 Å². The monoisotopic (exact) mass is 331 g/mol. The van der Waals surface area contributed by atoms with E-state index in [1.165, 1.54) is 11.1 Å². The average Bonchev–Trinajstić information content (AvgIpc) is 2.54. The largest absolute Gasteiger partial charge is 0.354 e. The molecule has 2 aromatic carbocycles. The molecule has 4 heteroatoms. The summed E-state index contributed by atoms with van der Waals surface area (Å²) in [5, 5.41) is 6.21. The van der Waals surface area contributed by atoms with Gasteiger partial charge >= 0.3 is 0 Å². The Hall–Kier alpha value is -3.14. The van der Waals surface area contributed by atoms with Crippen LogP contribution in [-0.4, -0.2) is 10.9 Å². The van der Waals surface area contributed by atoms with Gasteiger partial charge in [-0.1, -0.05) is 18.2 Å². The van der Waals surface area contributed by atoms with Crippen LogP contribution in [0, 0.1) is 20.8 Å². The molecule has 1 amide bonds. The molecular formula is C21H21N3O. The summed E-state index contributed by atoms with van der Waals surface area (Å²) in [6, 6.07) is 15.8. The molecule has 0 saturated heterocycles. The highest BCUT2D eigenvalue weighted by Crippen LogP contribution is 2.20. The van der Waals surface area contributed by atoms with Gasteiger partial charge in [0.15, 0.2) is 0 Å². The molecule has 2 N–H and O–H groups in total. The lowest BCUT2D eigenvalue weighted by Gasteiger charge is -2.10. The van der Waals surface area contributed by atoms with Gasteiger partial charge < -0.3 is 10.6 Å². The van der Waals surface area contributed by atoms with E-state index in [0.717, 1.165) is 22.6 Å². The van der Waals surface area contributed by atoms with E-state index in [2.05, 4.69) is 47.7 Å². The van der Waals surface area contributed by atoms with E-state index in [1.54, 1.807) is 18.5 Å². The van der Waals surface area contributed by atoms with Crippen LogP contribution in [0.5, 0.6) is 0 Å². The van der Waals surface area contributed by atoms with Crippen molar-refractivity contribution in [3.8, 4) is 0 Å². The molecule has 0 aliphatic carbocycles. The van der Waals surface area contributed by atoms with E-state index in [0.29, 0.717) is 5.56 Å². The van der Waals surface area contributed by atoms with Crippen molar-refractivity contribution < 1.29 is 4.79 Å². The number of pyridine rings is 1. The van der Waals surface area contributed by atoms with Crippen LogP contribution in [0.2, 0.25) is 0 Å². The maximum absolute atomic E-state index is 12.5. The lowest BCUT2D eigenvalue weighted by atomic mass is 10.1. The van der Waals surface area contributed by atoms with Gasteiger partial charge in [-0.2, -0.15) is 0 Å². The molecule has 0 bridgehead atoms. The Balaban J connectivity index is 1.77. The maximum Gasteiger partial charge on any atom is 0.257 e. The molecular weight excluding hydrogens is 310 g/mol. The van der Waals surface area contributed by atoms with Crippen molar-refractivity contribution in [1.29, 1.82) is 0 Å². The first-order chi connectivity index (χ1) is 12.0. The Bertz CT molecular complexity index is 898. The number of hydrogen-bond acceptors (Lipinski definition) is 3. The predicted molar refractivity (Wildman–Crippen MR) is 103 cm³/mol. The van der Waals surface area contributed by atoms with Crippen molar-refractivity contribution in [2.24, 2.45) is 0 Å². The molecule has 1 heterocycles. The minimum absolute atomic E-state index is 0.179. The van der Waals surface area contributed by atoms with Gasteiger partial charge in [0.1, 0.15) is 0 Å². The minimum Gasteiger partial charge on any atom is -0.354 e. The van der Waals surface area contributed by atoms with Gasteiger partial charge in [0.05, 0.1) is 17.4 Å². The molecule has 126 valence electrons. The fourth-order valence-corrected chi connectivity index (χ4v) is 2.77. The summed E-state index contributed by atoms with van der Waals surface area (Å²) in [6.45, 7) is 6.11. The number of carbonyl (C=O) groups excluding carboxylic acids is 1. The smallest absolute Gasteiger partial charge is 0.257 e. The zero-order valence-electron chi connectivity index (χ0n) is 14.6. The summed E-state index contributed by atoms with van der Waals surface area (Å²) in [7, 11) is 0. The van der Waals surface area contributed by atoms with Crippen molar-refractivity contribution in [3.05, 3.63) is 83.2 Å². The maximum atomic E-state index is 12.5. The normalized spacial score (nSPS) is 10.4. The van der Waals surface area contributed by atoms with E-state index in [4.69, 9.17) is 0 Å². The van der Waals surface area contributed by atoms with Gasteiger partial charge in [0, 0.05) is 17.6 Å². The van der Waals surface area contributed by atoms with E-state index in [9.17, 15) is 4.79 Å². The number of aryl methyl sites for hydroxylation is 3. The molecule has 3 rings (SSSR count). The van der Waals surface area contributed by atoms with Crippen LogP contribution >= 0.6 is 0 Å². The molecule has 0 radical (unpaired) electrons. The predicted octanol–water partition coefficient (Wildman–Crippen LogP) is 5.00. The molecule has 4 nitrogen and oxygen atoms in total. The third-order valence-electron chi connectivity index (χ3n) is 3.79. The van der Waals surface area contributed by atoms with Crippen molar-refractivity contribution in [1.82, 2.24) is 4.98 Å². The van der Waals surface area contributed by atoms with Crippen LogP contribution in [0.15, 0.2) is 60.9 Å². The zero-order chi connectivity index (χ0) is 17.8. The highest BCUT2D eigenvalue weighted by molar-refractivity contribution is 6.04. The fourth-order valence-electron chi connectivity index (χ4n) is 2.77. The number of amides is 1. The quantitative estimate of drug-likeness (QED) is 0.707. The summed E-state index contributed by atoms with van der Waals surface area (Å²) in [5.74, 6) is -0.179. The summed E-state index contributed by atoms with van der Waals surface area (Å²) in [4.78, 5) is 16.6. The molecule has 0 aliphatic heterocycles. The first-order valence-electron chi connectivity index (χ1n) is 8.18. The van der Waals surface area contributed by atoms with Gasteiger partial charge in [0.25, 0.3) is 5.91 Å². The number of aromatic nitrogens is 1. The topological polar surface area (TPSA) is 54.0 Å². The van der Waals surface area contributed by atoms with Gasteiger partial charge in [-0.05, 0) is 67.8 Å². The van der Waals surface area contributed by atoms with E-state index >= 15 is 0 Å². The molecule has 1 aromatic heterocycles. The number of anilines is 3. The fraction of sp³-hybridized carbons (Fsp3) is 0.143.